The molecule has 0 fully saturated rings. The third-order valence-electron chi connectivity index (χ3n) is 2.25. The molecule has 2 aromatic rings. The summed E-state index contributed by atoms with van der Waals surface area (Å²) in [5.74, 6) is -3.26. The number of pyridine rings is 1. The van der Waals surface area contributed by atoms with E-state index in [1.807, 2.05) is 0 Å². The molecule has 5 heteroatoms. The van der Waals surface area contributed by atoms with Gasteiger partial charge in [-0.2, -0.15) is 0 Å². The van der Waals surface area contributed by atoms with Crippen molar-refractivity contribution < 1.29 is 18.0 Å². The average Bonchev–Trinajstić information content (AvgIpc) is 2.33. The van der Waals surface area contributed by atoms with E-state index in [4.69, 9.17) is 0 Å². The van der Waals surface area contributed by atoms with E-state index >= 15 is 0 Å². The molecular weight excluding hydrogens is 231 g/mol. The molecule has 2 nitrogen and oxygen atoms in total. The number of aldehydes is 1. The Balaban J connectivity index is 2.69. The van der Waals surface area contributed by atoms with Gasteiger partial charge in [0.15, 0.2) is 23.7 Å². The summed E-state index contributed by atoms with van der Waals surface area (Å²) in [4.78, 5) is 14.1. The highest BCUT2D eigenvalue weighted by Gasteiger charge is 2.16. The van der Waals surface area contributed by atoms with E-state index in [2.05, 4.69) is 4.98 Å². The molecule has 0 aliphatic rings. The topological polar surface area (TPSA) is 30.0 Å². The number of aromatic nitrogens is 1. The van der Waals surface area contributed by atoms with Crippen molar-refractivity contribution in [1.82, 2.24) is 4.98 Å². The van der Waals surface area contributed by atoms with Crippen LogP contribution in [0, 0.1) is 17.5 Å². The van der Waals surface area contributed by atoms with Crippen molar-refractivity contribution in [1.29, 1.82) is 0 Å². The van der Waals surface area contributed by atoms with Crippen molar-refractivity contribution in [3.63, 3.8) is 0 Å². The lowest BCUT2D eigenvalue weighted by molar-refractivity contribution is 0.111. The lowest BCUT2D eigenvalue weighted by Crippen LogP contribution is -1.98. The summed E-state index contributed by atoms with van der Waals surface area (Å²) < 4.78 is 40.1. The third-order valence-corrected chi connectivity index (χ3v) is 2.25. The Bertz CT molecular complexity index is 584. The Hall–Kier alpha value is -2.17. The minimum Gasteiger partial charge on any atom is -0.298 e. The first-order chi connectivity index (χ1) is 8.15. The number of benzene rings is 1. The van der Waals surface area contributed by atoms with Gasteiger partial charge in [-0.1, -0.05) is 6.07 Å². The molecule has 0 unspecified atom stereocenters. The number of hydrogen-bond acceptors (Lipinski definition) is 2. The minimum atomic E-state index is -1.19. The van der Waals surface area contributed by atoms with Crippen LogP contribution in [0.25, 0.3) is 11.3 Å². The van der Waals surface area contributed by atoms with Gasteiger partial charge in [0, 0.05) is 11.8 Å². The van der Waals surface area contributed by atoms with Gasteiger partial charge in [0.25, 0.3) is 0 Å². The van der Waals surface area contributed by atoms with Crippen molar-refractivity contribution >= 4 is 6.29 Å². The molecule has 86 valence electrons. The molecule has 1 aromatic heterocycles. The van der Waals surface area contributed by atoms with Gasteiger partial charge < -0.3 is 0 Å². The zero-order valence-corrected chi connectivity index (χ0v) is 8.45. The zero-order chi connectivity index (χ0) is 12.4. The highest BCUT2D eigenvalue weighted by molar-refractivity contribution is 5.78. The van der Waals surface area contributed by atoms with Crippen LogP contribution in [0.1, 0.15) is 10.4 Å². The highest BCUT2D eigenvalue weighted by Crippen LogP contribution is 2.25. The second-order valence-corrected chi connectivity index (χ2v) is 3.28. The first kappa shape index (κ1) is 11.3. The number of hydrogen-bond donors (Lipinski definition) is 0. The van der Waals surface area contributed by atoms with Crippen LogP contribution >= 0.6 is 0 Å². The predicted molar refractivity (Wildman–Crippen MR) is 54.9 cm³/mol. The Morgan fingerprint density at radius 2 is 1.82 bits per heavy atom. The molecule has 0 aliphatic carbocycles. The summed E-state index contributed by atoms with van der Waals surface area (Å²) in [7, 11) is 0. The van der Waals surface area contributed by atoms with Crippen LogP contribution in [0.5, 0.6) is 0 Å². The van der Waals surface area contributed by atoms with Gasteiger partial charge in [-0.15, -0.1) is 0 Å². The van der Waals surface area contributed by atoms with Crippen LogP contribution in [0.2, 0.25) is 0 Å². The largest absolute Gasteiger partial charge is 0.298 e. The van der Waals surface area contributed by atoms with E-state index < -0.39 is 17.5 Å². The lowest BCUT2D eigenvalue weighted by Gasteiger charge is -2.05. The number of rotatable bonds is 2. The van der Waals surface area contributed by atoms with Crippen molar-refractivity contribution in [2.45, 2.75) is 0 Å². The first-order valence-electron chi connectivity index (χ1n) is 4.69. The normalized spacial score (nSPS) is 10.3. The van der Waals surface area contributed by atoms with Crippen LogP contribution in [-0.4, -0.2) is 11.3 Å². The zero-order valence-electron chi connectivity index (χ0n) is 8.45. The summed E-state index contributed by atoms with van der Waals surface area (Å²) in [5.41, 5.74) is -0.948. The Morgan fingerprint density at radius 1 is 1.06 bits per heavy atom. The summed E-state index contributed by atoms with van der Waals surface area (Å²) in [6, 6.07) is 4.50. The van der Waals surface area contributed by atoms with Gasteiger partial charge in [0.2, 0.25) is 0 Å². The predicted octanol–water partition coefficient (Wildman–Crippen LogP) is 2.98. The maximum Gasteiger partial charge on any atom is 0.168 e. The molecule has 0 saturated heterocycles. The van der Waals surface area contributed by atoms with Crippen molar-refractivity contribution in [3.8, 4) is 11.3 Å². The first-order valence-corrected chi connectivity index (χ1v) is 4.69. The van der Waals surface area contributed by atoms with Crippen LogP contribution in [0.15, 0.2) is 30.5 Å². The van der Waals surface area contributed by atoms with E-state index in [1.165, 1.54) is 12.1 Å². The number of carbonyl (C=O) groups is 1. The van der Waals surface area contributed by atoms with Gasteiger partial charge in [-0.3, -0.25) is 9.78 Å². The Kier molecular flexibility index (Phi) is 2.91. The van der Waals surface area contributed by atoms with E-state index in [0.717, 1.165) is 18.3 Å². The highest BCUT2D eigenvalue weighted by atomic mass is 19.2. The van der Waals surface area contributed by atoms with Gasteiger partial charge in [0.1, 0.15) is 5.69 Å². The second-order valence-electron chi connectivity index (χ2n) is 3.28. The summed E-state index contributed by atoms with van der Waals surface area (Å²) in [6.07, 6.45) is 1.45. The monoisotopic (exact) mass is 237 g/mol. The van der Waals surface area contributed by atoms with E-state index in [1.54, 1.807) is 0 Å². The quantitative estimate of drug-likeness (QED) is 0.751. The standard InChI is InChI=1S/C12H6F3NO/c13-9-3-1-2-8(11(9)15)12-10(14)7(6-17)4-5-16-12/h1-6H. The van der Waals surface area contributed by atoms with Gasteiger partial charge in [-0.05, 0) is 18.2 Å². The lowest BCUT2D eigenvalue weighted by atomic mass is 10.1. The average molecular weight is 237 g/mol. The molecule has 0 atom stereocenters. The van der Waals surface area contributed by atoms with Gasteiger partial charge in [0.05, 0.1) is 5.56 Å². The van der Waals surface area contributed by atoms with Crippen molar-refractivity contribution in [3.05, 3.63) is 53.5 Å². The number of halogens is 3. The summed E-state index contributed by atoms with van der Waals surface area (Å²) in [6.45, 7) is 0. The molecule has 1 heterocycles. The van der Waals surface area contributed by atoms with Crippen LogP contribution < -0.4 is 0 Å². The molecule has 2 rings (SSSR count). The molecule has 0 spiro atoms. The fraction of sp³-hybridized carbons (Fsp3) is 0. The Labute approximate surface area is 94.7 Å². The fourth-order valence-corrected chi connectivity index (χ4v) is 1.42. The molecule has 0 radical (unpaired) electrons. The molecule has 0 N–H and O–H groups in total. The molecule has 0 aliphatic heterocycles. The third kappa shape index (κ3) is 1.91. The molecule has 17 heavy (non-hydrogen) atoms. The van der Waals surface area contributed by atoms with E-state index in [-0.39, 0.29) is 23.1 Å². The molecule has 1 aromatic carbocycles. The smallest absolute Gasteiger partial charge is 0.168 e. The van der Waals surface area contributed by atoms with Gasteiger partial charge in [-0.25, -0.2) is 13.2 Å². The summed E-state index contributed by atoms with van der Waals surface area (Å²) in [5, 5.41) is 0. The van der Waals surface area contributed by atoms with E-state index in [0.29, 0.717) is 0 Å². The van der Waals surface area contributed by atoms with Crippen LogP contribution in [0.3, 0.4) is 0 Å². The number of nitrogens with zero attached hydrogens (tertiary/aromatic N) is 1. The number of carbonyl (C=O) groups excluding carboxylic acids is 1. The second kappa shape index (κ2) is 4.37. The molecule has 0 saturated carbocycles. The molecule has 0 amide bonds. The van der Waals surface area contributed by atoms with Crippen molar-refractivity contribution in [2.24, 2.45) is 0 Å². The SMILES string of the molecule is O=Cc1ccnc(-c2cccc(F)c2F)c1F. The molecular formula is C12H6F3NO. The van der Waals surface area contributed by atoms with Crippen LogP contribution in [0.4, 0.5) is 13.2 Å². The maximum atomic E-state index is 13.7. The van der Waals surface area contributed by atoms with E-state index in [9.17, 15) is 18.0 Å². The Morgan fingerprint density at radius 3 is 2.53 bits per heavy atom. The molecule has 0 bridgehead atoms. The summed E-state index contributed by atoms with van der Waals surface area (Å²) >= 11 is 0. The van der Waals surface area contributed by atoms with Crippen molar-refractivity contribution in [2.75, 3.05) is 0 Å². The minimum absolute atomic E-state index is 0.251. The fourth-order valence-electron chi connectivity index (χ4n) is 1.42. The van der Waals surface area contributed by atoms with Gasteiger partial charge >= 0.3 is 0 Å². The maximum absolute atomic E-state index is 13.7. The van der Waals surface area contributed by atoms with Crippen LogP contribution in [-0.2, 0) is 0 Å².